The SMILES string of the molecule is CN(CCO)[C@H]1CCNC1. The highest BCUT2D eigenvalue weighted by molar-refractivity contribution is 4.78. The summed E-state index contributed by atoms with van der Waals surface area (Å²) in [6.07, 6.45) is 1.22. The van der Waals surface area contributed by atoms with Crippen LogP contribution in [-0.2, 0) is 0 Å². The van der Waals surface area contributed by atoms with Gasteiger partial charge in [0.1, 0.15) is 0 Å². The highest BCUT2D eigenvalue weighted by Crippen LogP contribution is 2.04. The van der Waals surface area contributed by atoms with Crippen LogP contribution < -0.4 is 5.32 Å². The Morgan fingerprint density at radius 2 is 2.50 bits per heavy atom. The number of likely N-dealkylation sites (N-methyl/N-ethyl adjacent to an activating group) is 1. The van der Waals surface area contributed by atoms with Crippen molar-refractivity contribution in [2.75, 3.05) is 33.3 Å². The van der Waals surface area contributed by atoms with E-state index in [9.17, 15) is 0 Å². The molecule has 1 fully saturated rings. The van der Waals surface area contributed by atoms with Gasteiger partial charge in [0.25, 0.3) is 0 Å². The van der Waals surface area contributed by atoms with Gasteiger partial charge < -0.3 is 10.4 Å². The molecule has 0 bridgehead atoms. The van der Waals surface area contributed by atoms with E-state index in [4.69, 9.17) is 5.11 Å². The Labute approximate surface area is 62.0 Å². The number of aliphatic hydroxyl groups excluding tert-OH is 1. The fourth-order valence-electron chi connectivity index (χ4n) is 1.36. The van der Waals surface area contributed by atoms with Gasteiger partial charge in [-0.1, -0.05) is 0 Å². The van der Waals surface area contributed by atoms with Crippen molar-refractivity contribution in [3.63, 3.8) is 0 Å². The van der Waals surface area contributed by atoms with Crippen LogP contribution in [0.5, 0.6) is 0 Å². The second kappa shape index (κ2) is 3.91. The third-order valence-corrected chi connectivity index (χ3v) is 2.11. The van der Waals surface area contributed by atoms with Gasteiger partial charge in [0.2, 0.25) is 0 Å². The smallest absolute Gasteiger partial charge is 0.0558 e. The quantitative estimate of drug-likeness (QED) is 0.548. The van der Waals surface area contributed by atoms with E-state index in [1.807, 2.05) is 0 Å². The van der Waals surface area contributed by atoms with Crippen molar-refractivity contribution in [3.05, 3.63) is 0 Å². The second-order valence-corrected chi connectivity index (χ2v) is 2.85. The minimum absolute atomic E-state index is 0.271. The molecule has 1 saturated heterocycles. The van der Waals surface area contributed by atoms with Gasteiger partial charge in [-0.2, -0.15) is 0 Å². The van der Waals surface area contributed by atoms with Gasteiger partial charge in [0, 0.05) is 19.1 Å². The lowest BCUT2D eigenvalue weighted by Crippen LogP contribution is -2.35. The predicted molar refractivity (Wildman–Crippen MR) is 41.0 cm³/mol. The van der Waals surface area contributed by atoms with Gasteiger partial charge in [-0.05, 0) is 20.0 Å². The van der Waals surface area contributed by atoms with E-state index in [0.29, 0.717) is 6.04 Å². The van der Waals surface area contributed by atoms with E-state index in [-0.39, 0.29) is 6.61 Å². The van der Waals surface area contributed by atoms with E-state index in [1.165, 1.54) is 6.42 Å². The van der Waals surface area contributed by atoms with Crippen LogP contribution in [-0.4, -0.2) is 49.3 Å². The number of aliphatic hydroxyl groups is 1. The average Bonchev–Trinajstić information content (AvgIpc) is 2.38. The van der Waals surface area contributed by atoms with Crippen LogP contribution in [0.4, 0.5) is 0 Å². The number of hydrogen-bond donors (Lipinski definition) is 2. The Hall–Kier alpha value is -0.120. The molecule has 1 rings (SSSR count). The topological polar surface area (TPSA) is 35.5 Å². The summed E-state index contributed by atoms with van der Waals surface area (Å²) >= 11 is 0. The molecule has 0 aromatic heterocycles. The molecule has 0 amide bonds. The lowest BCUT2D eigenvalue weighted by atomic mass is 10.2. The monoisotopic (exact) mass is 144 g/mol. The molecular formula is C7H16N2O. The third-order valence-electron chi connectivity index (χ3n) is 2.11. The van der Waals surface area contributed by atoms with Crippen LogP contribution in [0.1, 0.15) is 6.42 Å². The van der Waals surface area contributed by atoms with Crippen LogP contribution in [0.15, 0.2) is 0 Å². The van der Waals surface area contributed by atoms with Crippen LogP contribution in [0, 0.1) is 0 Å². The molecule has 0 unspecified atom stereocenters. The van der Waals surface area contributed by atoms with Crippen LogP contribution in [0.25, 0.3) is 0 Å². The molecule has 1 aliphatic rings. The maximum atomic E-state index is 8.63. The summed E-state index contributed by atoms with van der Waals surface area (Å²) < 4.78 is 0. The molecule has 0 aromatic carbocycles. The summed E-state index contributed by atoms with van der Waals surface area (Å²) in [7, 11) is 2.06. The zero-order valence-electron chi connectivity index (χ0n) is 6.51. The van der Waals surface area contributed by atoms with Crippen LogP contribution >= 0.6 is 0 Å². The van der Waals surface area contributed by atoms with Crippen molar-refractivity contribution >= 4 is 0 Å². The third kappa shape index (κ3) is 1.94. The molecule has 3 nitrogen and oxygen atoms in total. The van der Waals surface area contributed by atoms with E-state index in [0.717, 1.165) is 19.6 Å². The Kier molecular flexibility index (Phi) is 3.12. The maximum Gasteiger partial charge on any atom is 0.0558 e. The van der Waals surface area contributed by atoms with Crippen molar-refractivity contribution in [2.24, 2.45) is 0 Å². The van der Waals surface area contributed by atoms with Gasteiger partial charge in [-0.15, -0.1) is 0 Å². The standard InChI is InChI=1S/C7H16N2O/c1-9(4-5-10)7-2-3-8-6-7/h7-8,10H,2-6H2,1H3/t7-/m0/s1. The number of hydrogen-bond acceptors (Lipinski definition) is 3. The second-order valence-electron chi connectivity index (χ2n) is 2.85. The Balaban J connectivity index is 2.18. The lowest BCUT2D eigenvalue weighted by Gasteiger charge is -2.21. The molecule has 0 aromatic rings. The first-order valence-corrected chi connectivity index (χ1v) is 3.86. The first-order valence-electron chi connectivity index (χ1n) is 3.86. The van der Waals surface area contributed by atoms with Gasteiger partial charge in [0.05, 0.1) is 6.61 Å². The molecule has 1 atom stereocenters. The molecule has 2 N–H and O–H groups in total. The van der Waals surface area contributed by atoms with E-state index >= 15 is 0 Å². The van der Waals surface area contributed by atoms with Gasteiger partial charge in [0.15, 0.2) is 0 Å². The van der Waals surface area contributed by atoms with E-state index in [1.54, 1.807) is 0 Å². The summed E-state index contributed by atoms with van der Waals surface area (Å²) in [6, 6.07) is 0.646. The number of nitrogens with zero attached hydrogens (tertiary/aromatic N) is 1. The molecule has 1 heterocycles. The number of nitrogens with one attached hydrogen (secondary N) is 1. The van der Waals surface area contributed by atoms with Crippen molar-refractivity contribution in [1.82, 2.24) is 10.2 Å². The van der Waals surface area contributed by atoms with Crippen molar-refractivity contribution < 1.29 is 5.11 Å². The Bertz CT molecular complexity index is 91.6. The molecule has 10 heavy (non-hydrogen) atoms. The summed E-state index contributed by atoms with van der Waals surface area (Å²) in [4.78, 5) is 2.21. The van der Waals surface area contributed by atoms with E-state index in [2.05, 4.69) is 17.3 Å². The summed E-state index contributed by atoms with van der Waals surface area (Å²) in [6.45, 7) is 3.27. The highest BCUT2D eigenvalue weighted by atomic mass is 16.3. The predicted octanol–water partition coefficient (Wildman–Crippen LogP) is -0.728. The minimum Gasteiger partial charge on any atom is -0.395 e. The fraction of sp³-hybridized carbons (Fsp3) is 1.00. The minimum atomic E-state index is 0.271. The van der Waals surface area contributed by atoms with Crippen molar-refractivity contribution in [3.8, 4) is 0 Å². The highest BCUT2D eigenvalue weighted by Gasteiger charge is 2.17. The molecule has 0 aliphatic carbocycles. The number of rotatable bonds is 3. The fourth-order valence-corrected chi connectivity index (χ4v) is 1.36. The Morgan fingerprint density at radius 3 is 3.00 bits per heavy atom. The van der Waals surface area contributed by atoms with Crippen LogP contribution in [0.3, 0.4) is 0 Å². The molecule has 0 spiro atoms. The van der Waals surface area contributed by atoms with Crippen molar-refractivity contribution in [1.29, 1.82) is 0 Å². The lowest BCUT2D eigenvalue weighted by molar-refractivity contribution is 0.187. The molecule has 3 heteroatoms. The Morgan fingerprint density at radius 1 is 1.70 bits per heavy atom. The van der Waals surface area contributed by atoms with E-state index < -0.39 is 0 Å². The van der Waals surface area contributed by atoms with Crippen molar-refractivity contribution in [2.45, 2.75) is 12.5 Å². The molecule has 0 radical (unpaired) electrons. The zero-order chi connectivity index (χ0) is 7.40. The molecular weight excluding hydrogens is 128 g/mol. The first kappa shape index (κ1) is 7.98. The largest absolute Gasteiger partial charge is 0.395 e. The average molecular weight is 144 g/mol. The molecule has 0 saturated carbocycles. The maximum absolute atomic E-state index is 8.63. The summed E-state index contributed by atoms with van der Waals surface area (Å²) in [5.74, 6) is 0. The first-order chi connectivity index (χ1) is 4.84. The molecule has 1 aliphatic heterocycles. The zero-order valence-corrected chi connectivity index (χ0v) is 6.51. The van der Waals surface area contributed by atoms with Gasteiger partial charge in [-0.25, -0.2) is 0 Å². The van der Waals surface area contributed by atoms with Gasteiger partial charge in [-0.3, -0.25) is 4.90 Å². The van der Waals surface area contributed by atoms with Crippen LogP contribution in [0.2, 0.25) is 0 Å². The summed E-state index contributed by atoms with van der Waals surface area (Å²) in [5, 5.41) is 11.9. The van der Waals surface area contributed by atoms with Gasteiger partial charge >= 0.3 is 0 Å². The normalized spacial score (nSPS) is 26.1. The molecule has 60 valence electrons. The summed E-state index contributed by atoms with van der Waals surface area (Å²) in [5.41, 5.74) is 0.